The third kappa shape index (κ3) is 6.07. The minimum atomic E-state index is 0.117. The lowest BCUT2D eigenvalue weighted by atomic mass is 10.0. The van der Waals surface area contributed by atoms with E-state index in [0.717, 1.165) is 23.4 Å². The van der Waals surface area contributed by atoms with Gasteiger partial charge in [0.2, 0.25) is 0 Å². The third-order valence-electron chi connectivity index (χ3n) is 3.63. The number of hydrogen-bond donors (Lipinski definition) is 1. The average Bonchev–Trinajstić information content (AvgIpc) is 2.34. The second-order valence-corrected chi connectivity index (χ2v) is 6.83. The molecule has 0 saturated carbocycles. The normalized spacial score (nSPS) is 14.9. The molecule has 1 rings (SSSR count). The molecule has 108 valence electrons. The predicted molar refractivity (Wildman–Crippen MR) is 87.2 cm³/mol. The zero-order valence-corrected chi connectivity index (χ0v) is 14.2. The minimum Gasteiger partial charge on any atom is -0.324 e. The first-order valence-corrected chi connectivity index (χ1v) is 7.90. The summed E-state index contributed by atoms with van der Waals surface area (Å²) in [7, 11) is 2.20. The molecule has 1 aromatic carbocycles. The first-order valence-electron chi connectivity index (χ1n) is 7.11. The van der Waals surface area contributed by atoms with Crippen molar-refractivity contribution >= 4 is 15.9 Å². The molecule has 0 aliphatic rings. The summed E-state index contributed by atoms with van der Waals surface area (Å²) in [6.07, 6.45) is 2.23. The molecule has 0 amide bonds. The molecule has 1 aromatic rings. The Morgan fingerprint density at radius 1 is 1.26 bits per heavy atom. The van der Waals surface area contributed by atoms with Crippen molar-refractivity contribution in [3.05, 3.63) is 34.3 Å². The maximum atomic E-state index is 6.27. The molecule has 0 aliphatic heterocycles. The Morgan fingerprint density at radius 3 is 2.53 bits per heavy atom. The Bertz CT molecular complexity index is 379. The zero-order valence-electron chi connectivity index (χ0n) is 12.6. The van der Waals surface area contributed by atoms with E-state index in [0.29, 0.717) is 6.04 Å². The van der Waals surface area contributed by atoms with E-state index >= 15 is 0 Å². The van der Waals surface area contributed by atoms with Crippen LogP contribution >= 0.6 is 15.9 Å². The van der Waals surface area contributed by atoms with Crippen molar-refractivity contribution in [3.63, 3.8) is 0 Å². The molecule has 0 saturated heterocycles. The lowest BCUT2D eigenvalue weighted by molar-refractivity contribution is 0.221. The van der Waals surface area contributed by atoms with Crippen LogP contribution in [0.1, 0.15) is 45.2 Å². The first kappa shape index (κ1) is 16.7. The van der Waals surface area contributed by atoms with Gasteiger partial charge in [0, 0.05) is 16.6 Å². The number of nitrogens with zero attached hydrogens (tertiary/aromatic N) is 1. The van der Waals surface area contributed by atoms with Crippen LogP contribution in [0.2, 0.25) is 0 Å². The van der Waals surface area contributed by atoms with Crippen molar-refractivity contribution in [2.45, 2.75) is 45.7 Å². The van der Waals surface area contributed by atoms with Gasteiger partial charge < -0.3 is 10.6 Å². The van der Waals surface area contributed by atoms with Crippen molar-refractivity contribution in [2.75, 3.05) is 13.6 Å². The predicted octanol–water partition coefficient (Wildman–Crippen LogP) is 4.21. The monoisotopic (exact) mass is 326 g/mol. The number of halogens is 1. The Hall–Kier alpha value is -0.380. The van der Waals surface area contributed by atoms with Crippen molar-refractivity contribution in [1.82, 2.24) is 4.90 Å². The summed E-state index contributed by atoms with van der Waals surface area (Å²) in [5.41, 5.74) is 7.47. The summed E-state index contributed by atoms with van der Waals surface area (Å²) in [6, 6.07) is 9.04. The van der Waals surface area contributed by atoms with Crippen LogP contribution < -0.4 is 5.73 Å². The Labute approximate surface area is 126 Å². The molecule has 2 atom stereocenters. The van der Waals surface area contributed by atoms with Crippen molar-refractivity contribution < 1.29 is 0 Å². The lowest BCUT2D eigenvalue weighted by Crippen LogP contribution is -2.32. The van der Waals surface area contributed by atoms with E-state index in [1.165, 1.54) is 12.0 Å². The molecule has 0 aliphatic carbocycles. The third-order valence-corrected chi connectivity index (χ3v) is 4.13. The standard InChI is InChI=1S/C16H27BrN2/c1-12(2)10-13(3)19(4)9-8-16(18)14-6-5-7-15(17)11-14/h5-7,11-13,16H,8-10,18H2,1-4H3. The van der Waals surface area contributed by atoms with E-state index < -0.39 is 0 Å². The van der Waals surface area contributed by atoms with Crippen LogP contribution in [0.3, 0.4) is 0 Å². The van der Waals surface area contributed by atoms with Crippen LogP contribution in [0.15, 0.2) is 28.7 Å². The highest BCUT2D eigenvalue weighted by Crippen LogP contribution is 2.19. The van der Waals surface area contributed by atoms with Gasteiger partial charge in [-0.2, -0.15) is 0 Å². The van der Waals surface area contributed by atoms with Gasteiger partial charge in [0.1, 0.15) is 0 Å². The van der Waals surface area contributed by atoms with Gasteiger partial charge in [-0.15, -0.1) is 0 Å². The molecule has 0 heterocycles. The Morgan fingerprint density at radius 2 is 1.95 bits per heavy atom. The second kappa shape index (κ2) is 8.03. The van der Waals surface area contributed by atoms with Crippen LogP contribution in [-0.2, 0) is 0 Å². The quantitative estimate of drug-likeness (QED) is 0.813. The average molecular weight is 327 g/mol. The smallest absolute Gasteiger partial charge is 0.0307 e. The van der Waals surface area contributed by atoms with Gasteiger partial charge in [-0.05, 0) is 57.0 Å². The summed E-state index contributed by atoms with van der Waals surface area (Å²) in [5.74, 6) is 0.746. The first-order chi connectivity index (χ1) is 8.90. The van der Waals surface area contributed by atoms with E-state index in [1.54, 1.807) is 0 Å². The molecule has 3 heteroatoms. The van der Waals surface area contributed by atoms with Gasteiger partial charge in [0.15, 0.2) is 0 Å². The number of rotatable bonds is 7. The molecule has 2 nitrogen and oxygen atoms in total. The zero-order chi connectivity index (χ0) is 14.4. The molecule has 0 bridgehead atoms. The molecule has 19 heavy (non-hydrogen) atoms. The highest BCUT2D eigenvalue weighted by Gasteiger charge is 2.13. The molecule has 0 spiro atoms. The fourth-order valence-electron chi connectivity index (χ4n) is 2.33. The molecule has 0 aromatic heterocycles. The summed E-state index contributed by atoms with van der Waals surface area (Å²) in [4.78, 5) is 2.41. The minimum absolute atomic E-state index is 0.117. The SMILES string of the molecule is CC(C)CC(C)N(C)CCC(N)c1cccc(Br)c1. The van der Waals surface area contributed by atoms with E-state index in [9.17, 15) is 0 Å². The summed E-state index contributed by atoms with van der Waals surface area (Å²) in [6.45, 7) is 7.89. The largest absolute Gasteiger partial charge is 0.324 e. The van der Waals surface area contributed by atoms with Crippen LogP contribution in [0, 0.1) is 5.92 Å². The van der Waals surface area contributed by atoms with Crippen LogP contribution in [-0.4, -0.2) is 24.5 Å². The van der Waals surface area contributed by atoms with Gasteiger partial charge >= 0.3 is 0 Å². The number of nitrogens with two attached hydrogens (primary N) is 1. The number of benzene rings is 1. The highest BCUT2D eigenvalue weighted by molar-refractivity contribution is 9.10. The van der Waals surface area contributed by atoms with E-state index in [1.807, 2.05) is 12.1 Å². The van der Waals surface area contributed by atoms with Gasteiger partial charge in [-0.25, -0.2) is 0 Å². The molecular weight excluding hydrogens is 300 g/mol. The maximum Gasteiger partial charge on any atom is 0.0307 e. The van der Waals surface area contributed by atoms with Crippen molar-refractivity contribution in [2.24, 2.45) is 11.7 Å². The van der Waals surface area contributed by atoms with Gasteiger partial charge in [0.25, 0.3) is 0 Å². The van der Waals surface area contributed by atoms with Gasteiger partial charge in [0.05, 0.1) is 0 Å². The van der Waals surface area contributed by atoms with E-state index in [2.05, 4.69) is 60.8 Å². The summed E-state index contributed by atoms with van der Waals surface area (Å²) in [5, 5.41) is 0. The molecule has 2 N–H and O–H groups in total. The number of hydrogen-bond acceptors (Lipinski definition) is 2. The van der Waals surface area contributed by atoms with Gasteiger partial charge in [-0.3, -0.25) is 0 Å². The van der Waals surface area contributed by atoms with Crippen molar-refractivity contribution in [1.29, 1.82) is 0 Å². The fourth-order valence-corrected chi connectivity index (χ4v) is 2.75. The van der Waals surface area contributed by atoms with Crippen LogP contribution in [0.4, 0.5) is 0 Å². The highest BCUT2D eigenvalue weighted by atomic mass is 79.9. The lowest BCUT2D eigenvalue weighted by Gasteiger charge is -2.27. The van der Waals surface area contributed by atoms with Crippen LogP contribution in [0.25, 0.3) is 0 Å². The summed E-state index contributed by atoms with van der Waals surface area (Å²) < 4.78 is 1.10. The topological polar surface area (TPSA) is 29.3 Å². The molecule has 2 unspecified atom stereocenters. The van der Waals surface area contributed by atoms with Gasteiger partial charge in [-0.1, -0.05) is 41.9 Å². The molecular formula is C16H27BrN2. The maximum absolute atomic E-state index is 6.27. The Balaban J connectivity index is 2.43. The second-order valence-electron chi connectivity index (χ2n) is 5.91. The molecule has 0 radical (unpaired) electrons. The van der Waals surface area contributed by atoms with E-state index in [-0.39, 0.29) is 6.04 Å². The van der Waals surface area contributed by atoms with Crippen LogP contribution in [0.5, 0.6) is 0 Å². The van der Waals surface area contributed by atoms with Crippen molar-refractivity contribution in [3.8, 4) is 0 Å². The summed E-state index contributed by atoms with van der Waals surface area (Å²) >= 11 is 3.49. The van der Waals surface area contributed by atoms with E-state index in [4.69, 9.17) is 5.73 Å². The fraction of sp³-hybridized carbons (Fsp3) is 0.625. The Kier molecular flexibility index (Phi) is 7.05. The molecule has 0 fully saturated rings.